The Balaban J connectivity index is 1.83. The van der Waals surface area contributed by atoms with Crippen LogP contribution in [0.15, 0.2) is 42.7 Å². The van der Waals surface area contributed by atoms with Crippen molar-refractivity contribution in [2.75, 3.05) is 38.7 Å². The van der Waals surface area contributed by atoms with Gasteiger partial charge in [-0.15, -0.1) is 0 Å². The highest BCUT2D eigenvalue weighted by molar-refractivity contribution is 5.84. The number of rotatable bonds is 5. The molecule has 174 valence electrons. The van der Waals surface area contributed by atoms with Crippen molar-refractivity contribution in [3.8, 4) is 0 Å². The van der Waals surface area contributed by atoms with Gasteiger partial charge in [0, 0.05) is 38.6 Å². The van der Waals surface area contributed by atoms with Gasteiger partial charge in [-0.2, -0.15) is 26.3 Å². The predicted octanol–water partition coefficient (Wildman–Crippen LogP) is 3.55. The van der Waals surface area contributed by atoms with E-state index in [0.717, 1.165) is 0 Å². The summed E-state index contributed by atoms with van der Waals surface area (Å²) in [7, 11) is 1.93. The minimum atomic E-state index is -4.99. The summed E-state index contributed by atoms with van der Waals surface area (Å²) in [6, 6.07) is 3.53. The number of nitrogens with one attached hydrogen (secondary N) is 2. The summed E-state index contributed by atoms with van der Waals surface area (Å²) in [6.45, 7) is 2.48. The Morgan fingerprint density at radius 1 is 1.00 bits per heavy atom. The van der Waals surface area contributed by atoms with Crippen LogP contribution >= 0.6 is 0 Å². The number of hydrogen-bond acceptors (Lipinski definition) is 5. The van der Waals surface area contributed by atoms with E-state index < -0.39 is 41.1 Å². The average Bonchev–Trinajstić information content (AvgIpc) is 2.73. The first-order valence-electron chi connectivity index (χ1n) is 9.63. The minimum absolute atomic E-state index is 0.0235. The Hall–Kier alpha value is -2.86. The molecule has 1 aliphatic heterocycles. The molecule has 0 bridgehead atoms. The second kappa shape index (κ2) is 9.33. The Morgan fingerprint density at radius 2 is 1.59 bits per heavy atom. The maximum atomic E-state index is 13.1. The fourth-order valence-corrected chi connectivity index (χ4v) is 3.38. The van der Waals surface area contributed by atoms with Crippen molar-refractivity contribution in [3.63, 3.8) is 0 Å². The highest BCUT2D eigenvalue weighted by atomic mass is 19.4. The van der Waals surface area contributed by atoms with E-state index in [4.69, 9.17) is 0 Å². The number of amides is 1. The molecule has 1 aliphatic rings. The molecular formula is C20H21F6N5O. The number of aromatic nitrogens is 1. The zero-order chi connectivity index (χ0) is 23.5. The molecule has 1 amide bonds. The second-order valence-electron chi connectivity index (χ2n) is 7.44. The molecule has 1 fully saturated rings. The number of carbonyl (C=O) groups excluding carboxylic acids is 1. The molecule has 1 atom stereocenters. The smallest absolute Gasteiger partial charge is 0.304 e. The van der Waals surface area contributed by atoms with Gasteiger partial charge in [-0.1, -0.05) is 6.07 Å². The topological polar surface area (TPSA) is 60.5 Å². The first-order chi connectivity index (χ1) is 14.9. The van der Waals surface area contributed by atoms with E-state index in [1.165, 1.54) is 12.4 Å². The lowest BCUT2D eigenvalue weighted by molar-refractivity contribution is -0.143. The van der Waals surface area contributed by atoms with Gasteiger partial charge in [0.2, 0.25) is 0 Å². The zero-order valence-corrected chi connectivity index (χ0v) is 17.0. The molecule has 1 aromatic heterocycles. The van der Waals surface area contributed by atoms with Gasteiger partial charge in [-0.3, -0.25) is 25.5 Å². The molecular weight excluding hydrogens is 440 g/mol. The molecule has 0 spiro atoms. The number of nitrogens with zero attached hydrogens (tertiary/aromatic N) is 3. The third-order valence-corrected chi connectivity index (χ3v) is 5.07. The van der Waals surface area contributed by atoms with Gasteiger partial charge in [-0.05, 0) is 36.9 Å². The molecule has 0 radical (unpaired) electrons. The quantitative estimate of drug-likeness (QED) is 0.527. The number of halogens is 6. The third kappa shape index (κ3) is 5.88. The van der Waals surface area contributed by atoms with Gasteiger partial charge in [-0.25, -0.2) is 0 Å². The number of hydrogen-bond donors (Lipinski definition) is 2. The molecule has 0 aliphatic carbocycles. The summed E-state index contributed by atoms with van der Waals surface area (Å²) >= 11 is 0. The first-order valence-corrected chi connectivity index (χ1v) is 9.63. The van der Waals surface area contributed by atoms with Crippen LogP contribution < -0.4 is 10.9 Å². The molecule has 12 heteroatoms. The van der Waals surface area contributed by atoms with Crippen molar-refractivity contribution in [2.24, 2.45) is 0 Å². The van der Waals surface area contributed by atoms with Gasteiger partial charge >= 0.3 is 12.4 Å². The highest BCUT2D eigenvalue weighted by Gasteiger charge is 2.37. The molecule has 1 unspecified atom stereocenters. The van der Waals surface area contributed by atoms with Gasteiger partial charge in [0.15, 0.2) is 0 Å². The zero-order valence-electron chi connectivity index (χ0n) is 17.0. The minimum Gasteiger partial charge on any atom is -0.304 e. The van der Waals surface area contributed by atoms with Crippen LogP contribution in [0.1, 0.15) is 22.7 Å². The fourth-order valence-electron chi connectivity index (χ4n) is 3.38. The molecule has 1 aromatic carbocycles. The van der Waals surface area contributed by atoms with Gasteiger partial charge < -0.3 is 4.90 Å². The molecule has 0 saturated carbocycles. The number of hydrazine groups is 1. The van der Waals surface area contributed by atoms with E-state index >= 15 is 0 Å². The number of benzene rings is 1. The van der Waals surface area contributed by atoms with E-state index in [1.54, 1.807) is 12.1 Å². The Bertz CT molecular complexity index is 894. The molecule has 2 heterocycles. The number of anilines is 1. The van der Waals surface area contributed by atoms with Crippen LogP contribution in [0.25, 0.3) is 0 Å². The predicted molar refractivity (Wildman–Crippen MR) is 104 cm³/mol. The molecule has 2 N–H and O–H groups in total. The van der Waals surface area contributed by atoms with Crippen molar-refractivity contribution in [3.05, 3.63) is 59.4 Å². The van der Waals surface area contributed by atoms with E-state index in [0.29, 0.717) is 43.9 Å². The summed E-state index contributed by atoms with van der Waals surface area (Å²) in [4.78, 5) is 20.9. The van der Waals surface area contributed by atoms with E-state index in [2.05, 4.69) is 20.7 Å². The standard InChI is InChI=1S/C20H21F6N5O/c1-30-5-7-31(8-6-30)17(13-3-2-4-27-12-13)18(32)29-28-16-10-14(19(21,22)23)9-15(11-16)20(24,25)26/h2-4,9-12,17,28H,5-8H2,1H3,(H,29,32). The number of alkyl halides is 6. The molecule has 3 rings (SSSR count). The van der Waals surface area contributed by atoms with Crippen LogP contribution in [0.4, 0.5) is 32.0 Å². The lowest BCUT2D eigenvalue weighted by atomic mass is 10.1. The summed E-state index contributed by atoms with van der Waals surface area (Å²) < 4.78 is 78.4. The Labute approximate surface area is 180 Å². The van der Waals surface area contributed by atoms with Crippen LogP contribution in [0, 0.1) is 0 Å². The molecule has 6 nitrogen and oxygen atoms in total. The normalized spacial score (nSPS) is 17.1. The van der Waals surface area contributed by atoms with Crippen molar-refractivity contribution in [1.29, 1.82) is 0 Å². The SMILES string of the molecule is CN1CCN(C(C(=O)NNc2cc(C(F)(F)F)cc(C(F)(F)F)c2)c2cccnc2)CC1. The van der Waals surface area contributed by atoms with Crippen molar-refractivity contribution < 1.29 is 31.1 Å². The largest absolute Gasteiger partial charge is 0.416 e. The van der Waals surface area contributed by atoms with Gasteiger partial charge in [0.05, 0.1) is 16.8 Å². The van der Waals surface area contributed by atoms with Crippen molar-refractivity contribution >= 4 is 11.6 Å². The average molecular weight is 461 g/mol. The van der Waals surface area contributed by atoms with Crippen LogP contribution in [0.2, 0.25) is 0 Å². The third-order valence-electron chi connectivity index (χ3n) is 5.07. The van der Waals surface area contributed by atoms with Crippen molar-refractivity contribution in [2.45, 2.75) is 18.4 Å². The maximum absolute atomic E-state index is 13.1. The lowest BCUT2D eigenvalue weighted by Crippen LogP contribution is -2.50. The number of likely N-dealkylation sites (N-methyl/N-ethyl adjacent to an activating group) is 1. The number of carbonyl (C=O) groups is 1. The van der Waals surface area contributed by atoms with Crippen LogP contribution in [-0.2, 0) is 17.1 Å². The molecule has 2 aromatic rings. The van der Waals surface area contributed by atoms with Crippen LogP contribution in [0.5, 0.6) is 0 Å². The van der Waals surface area contributed by atoms with E-state index in [9.17, 15) is 31.1 Å². The van der Waals surface area contributed by atoms with E-state index in [1.807, 2.05) is 11.9 Å². The van der Waals surface area contributed by atoms with Gasteiger partial charge in [0.25, 0.3) is 5.91 Å². The summed E-state index contributed by atoms with van der Waals surface area (Å²) in [6.07, 6.45) is -6.95. The summed E-state index contributed by atoms with van der Waals surface area (Å²) in [5.41, 5.74) is 1.52. The van der Waals surface area contributed by atoms with Crippen LogP contribution in [0.3, 0.4) is 0 Å². The number of pyridine rings is 1. The van der Waals surface area contributed by atoms with E-state index in [-0.39, 0.29) is 6.07 Å². The maximum Gasteiger partial charge on any atom is 0.416 e. The Morgan fingerprint density at radius 3 is 2.09 bits per heavy atom. The van der Waals surface area contributed by atoms with Crippen molar-refractivity contribution in [1.82, 2.24) is 20.2 Å². The molecule has 32 heavy (non-hydrogen) atoms. The van der Waals surface area contributed by atoms with Crippen LogP contribution in [-0.4, -0.2) is 53.9 Å². The number of piperazine rings is 1. The summed E-state index contributed by atoms with van der Waals surface area (Å²) in [5.74, 6) is -0.631. The highest BCUT2D eigenvalue weighted by Crippen LogP contribution is 2.37. The Kier molecular flexibility index (Phi) is 6.94. The van der Waals surface area contributed by atoms with Gasteiger partial charge in [0.1, 0.15) is 6.04 Å². The second-order valence-corrected chi connectivity index (χ2v) is 7.44. The summed E-state index contributed by atoms with van der Waals surface area (Å²) in [5, 5.41) is 0. The fraction of sp³-hybridized carbons (Fsp3) is 0.400. The monoisotopic (exact) mass is 461 g/mol. The lowest BCUT2D eigenvalue weighted by Gasteiger charge is -2.37. The first kappa shape index (κ1) is 23.8. The molecule has 1 saturated heterocycles.